The summed E-state index contributed by atoms with van der Waals surface area (Å²) >= 11 is 5.14. The summed E-state index contributed by atoms with van der Waals surface area (Å²) in [6.45, 7) is 6.73. The molecule has 26 heavy (non-hydrogen) atoms. The summed E-state index contributed by atoms with van der Waals surface area (Å²) in [5, 5.41) is 7.93. The number of carbonyl (C=O) groups is 2. The Labute approximate surface area is 163 Å². The number of esters is 1. The van der Waals surface area contributed by atoms with Crippen LogP contribution in [0.5, 0.6) is 0 Å². The number of ether oxygens (including phenoxy) is 3. The first-order valence-corrected chi connectivity index (χ1v) is 9.56. The molecule has 2 saturated carbocycles. The summed E-state index contributed by atoms with van der Waals surface area (Å²) in [4.78, 5) is 21.3. The van der Waals surface area contributed by atoms with Crippen LogP contribution in [0.3, 0.4) is 0 Å². The van der Waals surface area contributed by atoms with E-state index in [1.165, 1.54) is 12.8 Å². The second-order valence-electron chi connectivity index (χ2n) is 5.84. The van der Waals surface area contributed by atoms with Crippen LogP contribution in [0.25, 0.3) is 0 Å². The lowest BCUT2D eigenvalue weighted by atomic mass is 9.86. The van der Waals surface area contributed by atoms with Crippen molar-refractivity contribution < 1.29 is 28.9 Å². The van der Waals surface area contributed by atoms with Crippen molar-refractivity contribution in [1.29, 1.82) is 0 Å². The summed E-state index contributed by atoms with van der Waals surface area (Å²) in [7, 11) is 0. The molecule has 0 spiro atoms. The molecule has 0 aromatic heterocycles. The lowest BCUT2D eigenvalue weighted by Gasteiger charge is -2.22. The number of aliphatic hydroxyl groups is 1. The Hall–Kier alpha value is -0.690. The molecule has 2 aliphatic rings. The number of aliphatic hydroxyl groups excluding tert-OH is 1. The maximum Gasteiger partial charge on any atom is 0.309 e. The normalized spacial score (nSPS) is 15.7. The molecule has 0 radical (unpaired) electrons. The minimum Gasteiger partial charge on any atom is -0.463 e. The highest BCUT2D eigenvalue weighted by Gasteiger charge is 2.26. The van der Waals surface area contributed by atoms with Crippen molar-refractivity contribution in [2.75, 3.05) is 39.6 Å². The molecule has 7 heteroatoms. The molecular formula is C19H37ClO6. The second kappa shape index (κ2) is 19.1. The lowest BCUT2D eigenvalue weighted by Crippen LogP contribution is -2.25. The molecule has 0 bridgehead atoms. The van der Waals surface area contributed by atoms with Crippen LogP contribution in [0.2, 0.25) is 0 Å². The monoisotopic (exact) mass is 396 g/mol. The van der Waals surface area contributed by atoms with E-state index in [4.69, 9.17) is 30.9 Å². The van der Waals surface area contributed by atoms with Crippen LogP contribution < -0.4 is 0 Å². The van der Waals surface area contributed by atoms with Gasteiger partial charge in [0.05, 0.1) is 25.7 Å². The summed E-state index contributed by atoms with van der Waals surface area (Å²) in [5.41, 5.74) is 0. The van der Waals surface area contributed by atoms with Gasteiger partial charge < -0.3 is 19.3 Å². The van der Waals surface area contributed by atoms with Crippen molar-refractivity contribution >= 4 is 22.8 Å². The number of halogens is 1. The molecule has 0 atom stereocenters. The van der Waals surface area contributed by atoms with Crippen molar-refractivity contribution in [3.05, 3.63) is 0 Å². The highest BCUT2D eigenvalue weighted by Crippen LogP contribution is 2.28. The molecule has 2 rings (SSSR count). The van der Waals surface area contributed by atoms with E-state index in [1.807, 2.05) is 13.8 Å². The third kappa shape index (κ3) is 14.5. The Morgan fingerprint density at radius 3 is 1.69 bits per heavy atom. The minimum atomic E-state index is -0.147. The fourth-order valence-corrected chi connectivity index (χ4v) is 2.17. The number of carbonyl (C=O) groups excluding carboxylic acids is 2. The predicted molar refractivity (Wildman–Crippen MR) is 103 cm³/mol. The third-order valence-corrected chi connectivity index (χ3v) is 4.29. The quantitative estimate of drug-likeness (QED) is 0.364. The van der Waals surface area contributed by atoms with Gasteiger partial charge in [-0.1, -0.05) is 20.3 Å². The van der Waals surface area contributed by atoms with Crippen LogP contribution in [0.4, 0.5) is 0 Å². The standard InChI is InChI=1S/C9H16O3.C5H7ClO.C4H10O2.CH4/c1-2-11-6-7-12-9(10)8-4-3-5-8;6-5(7)4-2-1-3-4;1-2-6-4-3-5;/h8H,2-7H2,1H3;4H,1-3H2;5H,2-4H2,1H3;1H4. The molecule has 156 valence electrons. The topological polar surface area (TPSA) is 82.1 Å². The third-order valence-electron chi connectivity index (χ3n) is 3.98. The molecule has 0 amide bonds. The molecule has 0 aliphatic heterocycles. The van der Waals surface area contributed by atoms with Gasteiger partial charge in [-0.2, -0.15) is 0 Å². The molecular weight excluding hydrogens is 360 g/mol. The number of rotatable bonds is 9. The number of hydrogen-bond acceptors (Lipinski definition) is 6. The van der Waals surface area contributed by atoms with Gasteiger partial charge >= 0.3 is 5.97 Å². The summed E-state index contributed by atoms with van der Waals surface area (Å²) < 4.78 is 14.8. The molecule has 2 fully saturated rings. The van der Waals surface area contributed by atoms with Crippen LogP contribution in [-0.2, 0) is 23.8 Å². The van der Waals surface area contributed by atoms with E-state index in [0.717, 1.165) is 25.7 Å². The van der Waals surface area contributed by atoms with Crippen LogP contribution in [0, 0.1) is 11.8 Å². The van der Waals surface area contributed by atoms with E-state index < -0.39 is 0 Å². The predicted octanol–water partition coefficient (Wildman–Crippen LogP) is 3.57. The highest BCUT2D eigenvalue weighted by molar-refractivity contribution is 6.64. The molecule has 0 heterocycles. The van der Waals surface area contributed by atoms with Gasteiger partial charge in [0.2, 0.25) is 5.24 Å². The summed E-state index contributed by atoms with van der Waals surface area (Å²) in [5.74, 6) is 0.356. The van der Waals surface area contributed by atoms with Crippen LogP contribution in [0.15, 0.2) is 0 Å². The van der Waals surface area contributed by atoms with E-state index in [-0.39, 0.29) is 37.1 Å². The van der Waals surface area contributed by atoms with Crippen molar-refractivity contribution in [1.82, 2.24) is 0 Å². The minimum absolute atomic E-state index is 0. The maximum atomic E-state index is 11.1. The van der Waals surface area contributed by atoms with Gasteiger partial charge in [0.25, 0.3) is 0 Å². The number of hydrogen-bond donors (Lipinski definition) is 1. The molecule has 0 unspecified atom stereocenters. The van der Waals surface area contributed by atoms with Gasteiger partial charge in [0.1, 0.15) is 6.61 Å². The van der Waals surface area contributed by atoms with Crippen molar-refractivity contribution in [2.45, 2.75) is 59.8 Å². The van der Waals surface area contributed by atoms with Gasteiger partial charge in [0, 0.05) is 19.1 Å². The lowest BCUT2D eigenvalue weighted by molar-refractivity contribution is -0.152. The molecule has 2 aliphatic carbocycles. The van der Waals surface area contributed by atoms with Gasteiger partial charge in [-0.15, -0.1) is 0 Å². The van der Waals surface area contributed by atoms with Crippen LogP contribution >= 0.6 is 11.6 Å². The highest BCUT2D eigenvalue weighted by atomic mass is 35.5. The van der Waals surface area contributed by atoms with Crippen molar-refractivity contribution in [3.63, 3.8) is 0 Å². The second-order valence-corrected chi connectivity index (χ2v) is 6.22. The Morgan fingerprint density at radius 1 is 0.923 bits per heavy atom. The van der Waals surface area contributed by atoms with E-state index >= 15 is 0 Å². The van der Waals surface area contributed by atoms with Gasteiger partial charge in [-0.05, 0) is 51.1 Å². The van der Waals surface area contributed by atoms with E-state index in [2.05, 4.69) is 0 Å². The van der Waals surface area contributed by atoms with Crippen LogP contribution in [0.1, 0.15) is 59.8 Å². The molecule has 0 saturated heterocycles. The largest absolute Gasteiger partial charge is 0.463 e. The van der Waals surface area contributed by atoms with Gasteiger partial charge in [0.15, 0.2) is 0 Å². The van der Waals surface area contributed by atoms with Crippen molar-refractivity contribution in [2.24, 2.45) is 11.8 Å². The Balaban J connectivity index is 0. The van der Waals surface area contributed by atoms with Crippen LogP contribution in [-0.4, -0.2) is 56.0 Å². The van der Waals surface area contributed by atoms with Crippen molar-refractivity contribution in [3.8, 4) is 0 Å². The summed E-state index contributed by atoms with van der Waals surface area (Å²) in [6, 6.07) is 0. The van der Waals surface area contributed by atoms with E-state index in [0.29, 0.717) is 33.0 Å². The molecule has 1 N–H and O–H groups in total. The Bertz CT molecular complexity index is 339. The van der Waals surface area contributed by atoms with E-state index in [9.17, 15) is 9.59 Å². The first kappa shape index (κ1) is 27.5. The first-order valence-electron chi connectivity index (χ1n) is 9.19. The average molecular weight is 397 g/mol. The fraction of sp³-hybridized carbons (Fsp3) is 0.895. The maximum absolute atomic E-state index is 11.1. The fourth-order valence-electron chi connectivity index (χ4n) is 1.95. The molecule has 6 nitrogen and oxygen atoms in total. The average Bonchev–Trinajstić information content (AvgIpc) is 2.47. The Morgan fingerprint density at radius 2 is 1.42 bits per heavy atom. The zero-order chi connectivity index (χ0) is 18.9. The molecule has 0 aromatic rings. The van der Waals surface area contributed by atoms with Gasteiger partial charge in [-0.3, -0.25) is 9.59 Å². The SMILES string of the molecule is C.CCOCCO.CCOCCOC(=O)C1CCC1.O=C(Cl)C1CCC1. The summed E-state index contributed by atoms with van der Waals surface area (Å²) in [6.07, 6.45) is 6.40. The smallest absolute Gasteiger partial charge is 0.309 e. The molecule has 0 aromatic carbocycles. The Kier molecular flexibility index (Phi) is 20.2. The zero-order valence-corrected chi connectivity index (χ0v) is 16.3. The zero-order valence-electron chi connectivity index (χ0n) is 15.5. The first-order chi connectivity index (χ1) is 12.1. The van der Waals surface area contributed by atoms with E-state index in [1.54, 1.807) is 0 Å². The van der Waals surface area contributed by atoms with Gasteiger partial charge in [-0.25, -0.2) is 0 Å².